The van der Waals surface area contributed by atoms with Crippen LogP contribution in [0.25, 0.3) is 5.57 Å². The summed E-state index contributed by atoms with van der Waals surface area (Å²) in [5, 5.41) is 0. The van der Waals surface area contributed by atoms with E-state index in [0.29, 0.717) is 0 Å². The molecule has 0 nitrogen and oxygen atoms in total. The SMILES string of the molecule is CC/C=C(\c1ccccc1)c1ccc(Br)cc1. The fourth-order valence-electron chi connectivity index (χ4n) is 1.85. The minimum absolute atomic E-state index is 1.04. The first-order valence-corrected chi connectivity index (χ1v) is 6.62. The third-order valence-electron chi connectivity index (χ3n) is 2.65. The van der Waals surface area contributed by atoms with Crippen molar-refractivity contribution < 1.29 is 0 Å². The topological polar surface area (TPSA) is 0 Å². The smallest absolute Gasteiger partial charge is 0.0175 e. The zero-order chi connectivity index (χ0) is 12.1. The Balaban J connectivity index is 2.44. The van der Waals surface area contributed by atoms with Crippen LogP contribution in [-0.4, -0.2) is 0 Å². The Morgan fingerprint density at radius 1 is 0.941 bits per heavy atom. The molecular weight excluding hydrogens is 272 g/mol. The molecule has 2 aromatic carbocycles. The van der Waals surface area contributed by atoms with E-state index in [1.165, 1.54) is 16.7 Å². The van der Waals surface area contributed by atoms with E-state index in [-0.39, 0.29) is 0 Å². The first kappa shape index (κ1) is 12.1. The van der Waals surface area contributed by atoms with Crippen molar-refractivity contribution in [2.24, 2.45) is 0 Å². The summed E-state index contributed by atoms with van der Waals surface area (Å²) in [6.45, 7) is 2.17. The Morgan fingerprint density at radius 3 is 2.12 bits per heavy atom. The largest absolute Gasteiger partial charge is 0.0763 e. The van der Waals surface area contributed by atoms with Crippen LogP contribution in [0.3, 0.4) is 0 Å². The molecule has 0 fully saturated rings. The third kappa shape index (κ3) is 3.07. The van der Waals surface area contributed by atoms with Crippen LogP contribution in [0.5, 0.6) is 0 Å². The van der Waals surface area contributed by atoms with Crippen molar-refractivity contribution in [3.05, 3.63) is 76.3 Å². The number of allylic oxidation sites excluding steroid dienone is 1. The number of halogens is 1. The summed E-state index contributed by atoms with van der Waals surface area (Å²) < 4.78 is 1.12. The van der Waals surface area contributed by atoms with Crippen LogP contribution in [0.15, 0.2) is 65.1 Å². The van der Waals surface area contributed by atoms with Gasteiger partial charge >= 0.3 is 0 Å². The summed E-state index contributed by atoms with van der Waals surface area (Å²) in [7, 11) is 0. The Bertz CT molecular complexity index is 495. The normalized spacial score (nSPS) is 11.5. The van der Waals surface area contributed by atoms with Crippen LogP contribution in [0.1, 0.15) is 24.5 Å². The predicted molar refractivity (Wildman–Crippen MR) is 78.0 cm³/mol. The van der Waals surface area contributed by atoms with Gasteiger partial charge in [0, 0.05) is 4.47 Å². The number of rotatable bonds is 3. The van der Waals surface area contributed by atoms with Gasteiger partial charge in [0.15, 0.2) is 0 Å². The molecule has 0 atom stereocenters. The molecule has 0 aromatic heterocycles. The monoisotopic (exact) mass is 286 g/mol. The molecular formula is C16H15Br. The average molecular weight is 287 g/mol. The lowest BCUT2D eigenvalue weighted by Crippen LogP contribution is -1.87. The molecule has 0 aliphatic carbocycles. The molecule has 0 aliphatic rings. The Kier molecular flexibility index (Phi) is 4.16. The van der Waals surface area contributed by atoms with Gasteiger partial charge in [0.05, 0.1) is 0 Å². The summed E-state index contributed by atoms with van der Waals surface area (Å²) in [6.07, 6.45) is 3.32. The van der Waals surface area contributed by atoms with Crippen LogP contribution in [-0.2, 0) is 0 Å². The molecule has 0 saturated heterocycles. The highest BCUT2D eigenvalue weighted by atomic mass is 79.9. The van der Waals surface area contributed by atoms with E-state index in [4.69, 9.17) is 0 Å². The maximum absolute atomic E-state index is 3.47. The third-order valence-corrected chi connectivity index (χ3v) is 3.18. The van der Waals surface area contributed by atoms with Gasteiger partial charge < -0.3 is 0 Å². The maximum atomic E-state index is 3.47. The van der Waals surface area contributed by atoms with Crippen molar-refractivity contribution in [3.63, 3.8) is 0 Å². The Labute approximate surface area is 111 Å². The lowest BCUT2D eigenvalue weighted by molar-refractivity contribution is 1.22. The van der Waals surface area contributed by atoms with E-state index in [9.17, 15) is 0 Å². The second-order valence-corrected chi connectivity index (χ2v) is 4.81. The van der Waals surface area contributed by atoms with Gasteiger partial charge in [-0.25, -0.2) is 0 Å². The second kappa shape index (κ2) is 5.83. The Hall–Kier alpha value is -1.34. The molecule has 0 spiro atoms. The first-order chi connectivity index (χ1) is 8.31. The summed E-state index contributed by atoms with van der Waals surface area (Å²) in [4.78, 5) is 0. The zero-order valence-electron chi connectivity index (χ0n) is 9.86. The first-order valence-electron chi connectivity index (χ1n) is 5.83. The van der Waals surface area contributed by atoms with Crippen LogP contribution < -0.4 is 0 Å². The van der Waals surface area contributed by atoms with Gasteiger partial charge in [-0.2, -0.15) is 0 Å². The number of benzene rings is 2. The van der Waals surface area contributed by atoms with Gasteiger partial charge in [0.25, 0.3) is 0 Å². The highest BCUT2D eigenvalue weighted by Crippen LogP contribution is 2.25. The molecule has 86 valence electrons. The molecule has 17 heavy (non-hydrogen) atoms. The summed E-state index contributed by atoms with van der Waals surface area (Å²) in [5.74, 6) is 0. The van der Waals surface area contributed by atoms with Gasteiger partial charge in [-0.05, 0) is 35.3 Å². The van der Waals surface area contributed by atoms with E-state index < -0.39 is 0 Å². The van der Waals surface area contributed by atoms with Crippen molar-refractivity contribution in [3.8, 4) is 0 Å². The molecule has 0 saturated carbocycles. The predicted octanol–water partition coefficient (Wildman–Crippen LogP) is 5.29. The van der Waals surface area contributed by atoms with E-state index in [1.807, 2.05) is 0 Å². The van der Waals surface area contributed by atoms with E-state index in [1.54, 1.807) is 0 Å². The summed E-state index contributed by atoms with van der Waals surface area (Å²) in [6, 6.07) is 19.0. The van der Waals surface area contributed by atoms with Crippen LogP contribution in [0.4, 0.5) is 0 Å². The molecule has 2 aromatic rings. The molecule has 2 rings (SSSR count). The van der Waals surface area contributed by atoms with Crippen molar-refractivity contribution in [2.75, 3.05) is 0 Å². The van der Waals surface area contributed by atoms with Crippen molar-refractivity contribution in [2.45, 2.75) is 13.3 Å². The lowest BCUT2D eigenvalue weighted by atomic mass is 9.97. The highest BCUT2D eigenvalue weighted by Gasteiger charge is 2.03. The standard InChI is InChI=1S/C16H15Br/c1-2-6-16(13-7-4-3-5-8-13)14-9-11-15(17)12-10-14/h3-12H,2H2,1H3/b16-6+. The van der Waals surface area contributed by atoms with Gasteiger partial charge in [0.1, 0.15) is 0 Å². The Morgan fingerprint density at radius 2 is 1.53 bits per heavy atom. The van der Waals surface area contributed by atoms with Gasteiger partial charge in [-0.3, -0.25) is 0 Å². The number of hydrogen-bond donors (Lipinski definition) is 0. The molecule has 0 radical (unpaired) electrons. The number of hydrogen-bond acceptors (Lipinski definition) is 0. The van der Waals surface area contributed by atoms with Crippen molar-refractivity contribution in [1.29, 1.82) is 0 Å². The minimum Gasteiger partial charge on any atom is -0.0763 e. The molecule has 0 aliphatic heterocycles. The molecule has 0 unspecified atom stereocenters. The zero-order valence-corrected chi connectivity index (χ0v) is 11.4. The molecule has 1 heteroatoms. The fraction of sp³-hybridized carbons (Fsp3) is 0.125. The maximum Gasteiger partial charge on any atom is 0.0175 e. The van der Waals surface area contributed by atoms with Gasteiger partial charge in [-0.15, -0.1) is 0 Å². The molecule has 0 bridgehead atoms. The van der Waals surface area contributed by atoms with Crippen LogP contribution in [0, 0.1) is 0 Å². The summed E-state index contributed by atoms with van der Waals surface area (Å²) in [5.41, 5.74) is 3.85. The molecule has 0 N–H and O–H groups in total. The van der Waals surface area contributed by atoms with E-state index in [0.717, 1.165) is 10.9 Å². The minimum atomic E-state index is 1.04. The van der Waals surface area contributed by atoms with Gasteiger partial charge in [-0.1, -0.05) is 71.4 Å². The highest BCUT2D eigenvalue weighted by molar-refractivity contribution is 9.10. The van der Waals surface area contributed by atoms with E-state index >= 15 is 0 Å². The molecule has 0 amide bonds. The quantitative estimate of drug-likeness (QED) is 0.719. The fourth-order valence-corrected chi connectivity index (χ4v) is 2.12. The summed E-state index contributed by atoms with van der Waals surface area (Å²) >= 11 is 3.47. The molecule has 0 heterocycles. The van der Waals surface area contributed by atoms with Crippen molar-refractivity contribution >= 4 is 21.5 Å². The van der Waals surface area contributed by atoms with E-state index in [2.05, 4.69) is 83.5 Å². The van der Waals surface area contributed by atoms with Crippen LogP contribution >= 0.6 is 15.9 Å². The second-order valence-electron chi connectivity index (χ2n) is 3.90. The van der Waals surface area contributed by atoms with Crippen molar-refractivity contribution in [1.82, 2.24) is 0 Å². The van der Waals surface area contributed by atoms with Gasteiger partial charge in [0.2, 0.25) is 0 Å². The average Bonchev–Trinajstić information content (AvgIpc) is 2.38. The van der Waals surface area contributed by atoms with Crippen LogP contribution in [0.2, 0.25) is 0 Å². The lowest BCUT2D eigenvalue weighted by Gasteiger charge is -2.08.